The molecule has 1 aromatic rings. The van der Waals surface area contributed by atoms with Crippen molar-refractivity contribution in [3.05, 3.63) is 23.9 Å². The van der Waals surface area contributed by atoms with Gasteiger partial charge in [-0.3, -0.25) is 4.79 Å². The lowest BCUT2D eigenvalue weighted by molar-refractivity contribution is -0.138. The number of pyridine rings is 1. The summed E-state index contributed by atoms with van der Waals surface area (Å²) < 4.78 is 5.17. The topological polar surface area (TPSA) is 45.7 Å². The fourth-order valence-corrected chi connectivity index (χ4v) is 4.60. The molecule has 3 heterocycles. The monoisotopic (exact) mass is 363 g/mol. The van der Waals surface area contributed by atoms with Crippen LogP contribution in [0, 0.1) is 5.41 Å². The van der Waals surface area contributed by atoms with Crippen molar-refractivity contribution < 1.29 is 9.53 Å². The van der Waals surface area contributed by atoms with Gasteiger partial charge in [0, 0.05) is 57.1 Å². The Morgan fingerprint density at radius 2 is 2.20 bits per heavy atom. The van der Waals surface area contributed by atoms with Crippen molar-refractivity contribution in [3.63, 3.8) is 0 Å². The van der Waals surface area contributed by atoms with Crippen LogP contribution in [0.15, 0.2) is 18.3 Å². The third-order valence-corrected chi connectivity index (χ3v) is 6.04. The first-order valence-electron chi connectivity index (χ1n) is 9.11. The molecule has 1 unspecified atom stereocenters. The first kappa shape index (κ1) is 18.5. The number of nitrogens with zero attached hydrogens (tertiary/aromatic N) is 3. The molecule has 0 radical (unpaired) electrons. The number of likely N-dealkylation sites (tertiary alicyclic amines) is 1. The Morgan fingerprint density at radius 1 is 1.32 bits per heavy atom. The molecule has 2 saturated heterocycles. The molecule has 0 N–H and O–H groups in total. The van der Waals surface area contributed by atoms with Crippen LogP contribution in [0.25, 0.3) is 0 Å². The summed E-state index contributed by atoms with van der Waals surface area (Å²) in [6.45, 7) is 4.24. The molecule has 138 valence electrons. The zero-order valence-electron chi connectivity index (χ0n) is 15.4. The highest BCUT2D eigenvalue weighted by Crippen LogP contribution is 2.39. The number of carbonyl (C=O) groups excluding carboxylic acids is 1. The minimum Gasteiger partial charge on any atom is -0.383 e. The second-order valence-electron chi connectivity index (χ2n) is 7.29. The third-order valence-electron chi connectivity index (χ3n) is 5.42. The second-order valence-corrected chi connectivity index (χ2v) is 8.16. The summed E-state index contributed by atoms with van der Waals surface area (Å²) >= 11 is 1.82. The lowest BCUT2D eigenvalue weighted by atomic mass is 9.73. The van der Waals surface area contributed by atoms with E-state index in [9.17, 15) is 4.79 Å². The molecule has 2 aliphatic rings. The van der Waals surface area contributed by atoms with Crippen LogP contribution in [0.5, 0.6) is 0 Å². The first-order valence-corrected chi connectivity index (χ1v) is 10.5. The van der Waals surface area contributed by atoms with E-state index >= 15 is 0 Å². The Bertz CT molecular complexity index is 581. The van der Waals surface area contributed by atoms with E-state index in [1.165, 1.54) is 18.4 Å². The molecule has 1 aromatic heterocycles. The maximum Gasteiger partial charge on any atom is 0.222 e. The molecule has 6 heteroatoms. The number of piperidine rings is 2. The van der Waals surface area contributed by atoms with Gasteiger partial charge in [-0.2, -0.15) is 11.8 Å². The fraction of sp³-hybridized carbons (Fsp3) is 0.684. The molecule has 5 nitrogen and oxygen atoms in total. The van der Waals surface area contributed by atoms with Crippen molar-refractivity contribution in [2.24, 2.45) is 5.41 Å². The van der Waals surface area contributed by atoms with Gasteiger partial charge in [-0.15, -0.1) is 0 Å². The Morgan fingerprint density at radius 3 is 2.92 bits per heavy atom. The standard InChI is InChI=1S/C19H29N3O2S/c1-24-11-10-22-15-19(8-6-18(22)23)7-3-9-21(14-19)17-5-4-16(12-20-17)13-25-2/h4-5,12H,3,6-11,13-15H2,1-2H3. The molecule has 1 spiro atoms. The summed E-state index contributed by atoms with van der Waals surface area (Å²) in [5.41, 5.74) is 1.48. The minimum atomic E-state index is 0.208. The lowest BCUT2D eigenvalue weighted by Gasteiger charge is -2.48. The molecule has 0 aliphatic carbocycles. The van der Waals surface area contributed by atoms with Crippen LogP contribution in [0.2, 0.25) is 0 Å². The highest BCUT2D eigenvalue weighted by molar-refractivity contribution is 7.97. The van der Waals surface area contributed by atoms with Crippen LogP contribution in [-0.4, -0.2) is 61.9 Å². The lowest BCUT2D eigenvalue weighted by Crippen LogP contribution is -2.54. The van der Waals surface area contributed by atoms with Gasteiger partial charge in [0.1, 0.15) is 5.82 Å². The SMILES string of the molecule is COCCN1CC2(CCCN(c3ccc(CSC)cn3)C2)CCC1=O. The van der Waals surface area contributed by atoms with Gasteiger partial charge in [0.25, 0.3) is 0 Å². The molecule has 1 amide bonds. The van der Waals surface area contributed by atoms with E-state index in [2.05, 4.69) is 23.3 Å². The van der Waals surface area contributed by atoms with Crippen molar-refractivity contribution in [1.82, 2.24) is 9.88 Å². The van der Waals surface area contributed by atoms with Crippen molar-refractivity contribution in [2.75, 3.05) is 51.1 Å². The van der Waals surface area contributed by atoms with Gasteiger partial charge in [0.2, 0.25) is 5.91 Å². The van der Waals surface area contributed by atoms with E-state index in [1.807, 2.05) is 22.9 Å². The van der Waals surface area contributed by atoms with Crippen molar-refractivity contribution in [3.8, 4) is 0 Å². The van der Waals surface area contributed by atoms with E-state index in [-0.39, 0.29) is 11.3 Å². The molecule has 0 bridgehead atoms. The number of thioether (sulfide) groups is 1. The quantitative estimate of drug-likeness (QED) is 0.778. The number of methoxy groups -OCH3 is 1. The van der Waals surface area contributed by atoms with Gasteiger partial charge in [0.05, 0.1) is 6.61 Å². The first-order chi connectivity index (χ1) is 12.2. The number of ether oxygens (including phenoxy) is 1. The third kappa shape index (κ3) is 4.47. The molecular weight excluding hydrogens is 334 g/mol. The van der Waals surface area contributed by atoms with E-state index in [0.717, 1.165) is 37.6 Å². The zero-order valence-corrected chi connectivity index (χ0v) is 16.2. The van der Waals surface area contributed by atoms with Gasteiger partial charge >= 0.3 is 0 Å². The average Bonchev–Trinajstić information content (AvgIpc) is 2.64. The number of anilines is 1. The normalized spacial score (nSPS) is 24.2. The maximum atomic E-state index is 12.2. The minimum absolute atomic E-state index is 0.208. The largest absolute Gasteiger partial charge is 0.383 e. The molecule has 25 heavy (non-hydrogen) atoms. The van der Waals surface area contributed by atoms with E-state index in [4.69, 9.17) is 9.72 Å². The molecule has 0 saturated carbocycles. The molecule has 1 atom stereocenters. The number of amides is 1. The number of carbonyl (C=O) groups is 1. The van der Waals surface area contributed by atoms with Gasteiger partial charge in [-0.25, -0.2) is 4.98 Å². The molecular formula is C19H29N3O2S. The van der Waals surface area contributed by atoms with Crippen LogP contribution >= 0.6 is 11.8 Å². The van der Waals surface area contributed by atoms with Gasteiger partial charge in [0.15, 0.2) is 0 Å². The molecule has 2 fully saturated rings. The van der Waals surface area contributed by atoms with Crippen LogP contribution < -0.4 is 4.90 Å². The summed E-state index contributed by atoms with van der Waals surface area (Å²) in [5.74, 6) is 2.36. The summed E-state index contributed by atoms with van der Waals surface area (Å²) in [4.78, 5) is 21.3. The summed E-state index contributed by atoms with van der Waals surface area (Å²) in [6, 6.07) is 4.34. The van der Waals surface area contributed by atoms with E-state index < -0.39 is 0 Å². The molecule has 2 aliphatic heterocycles. The predicted molar refractivity (Wildman–Crippen MR) is 103 cm³/mol. The summed E-state index contributed by atoms with van der Waals surface area (Å²) in [7, 11) is 1.69. The number of hydrogen-bond donors (Lipinski definition) is 0. The number of rotatable bonds is 6. The van der Waals surface area contributed by atoms with Crippen LogP contribution in [0.4, 0.5) is 5.82 Å². The fourth-order valence-electron chi connectivity index (χ4n) is 4.10. The van der Waals surface area contributed by atoms with Gasteiger partial charge < -0.3 is 14.5 Å². The Hall–Kier alpha value is -1.27. The molecule has 3 rings (SSSR count). The highest BCUT2D eigenvalue weighted by Gasteiger charge is 2.41. The van der Waals surface area contributed by atoms with Crippen molar-refractivity contribution in [2.45, 2.75) is 31.4 Å². The highest BCUT2D eigenvalue weighted by atomic mass is 32.2. The van der Waals surface area contributed by atoms with Crippen LogP contribution in [-0.2, 0) is 15.3 Å². The van der Waals surface area contributed by atoms with Crippen molar-refractivity contribution in [1.29, 1.82) is 0 Å². The Labute approximate surface area is 155 Å². The van der Waals surface area contributed by atoms with Crippen molar-refractivity contribution >= 4 is 23.5 Å². The van der Waals surface area contributed by atoms with E-state index in [0.29, 0.717) is 19.6 Å². The van der Waals surface area contributed by atoms with Gasteiger partial charge in [-0.05, 0) is 37.1 Å². The predicted octanol–water partition coefficient (Wildman–Crippen LogP) is 2.80. The maximum absolute atomic E-state index is 12.2. The van der Waals surface area contributed by atoms with Crippen LogP contribution in [0.1, 0.15) is 31.2 Å². The summed E-state index contributed by atoms with van der Waals surface area (Å²) in [6.07, 6.45) is 8.14. The number of hydrogen-bond acceptors (Lipinski definition) is 5. The summed E-state index contributed by atoms with van der Waals surface area (Å²) in [5, 5.41) is 0. The Balaban J connectivity index is 1.68. The second kappa shape index (κ2) is 8.41. The smallest absolute Gasteiger partial charge is 0.222 e. The average molecular weight is 364 g/mol. The van der Waals surface area contributed by atoms with Crippen LogP contribution in [0.3, 0.4) is 0 Å². The zero-order chi connectivity index (χ0) is 17.7. The van der Waals surface area contributed by atoms with Gasteiger partial charge in [-0.1, -0.05) is 6.07 Å². The Kier molecular flexibility index (Phi) is 6.23. The van der Waals surface area contributed by atoms with E-state index in [1.54, 1.807) is 7.11 Å². The molecule has 0 aromatic carbocycles. The number of aromatic nitrogens is 1.